The largest absolute Gasteiger partial charge is 0.418 e. The van der Waals surface area contributed by atoms with E-state index in [1.54, 1.807) is 0 Å². The molecular formula is C12H21N5O7S. The van der Waals surface area contributed by atoms with Crippen molar-refractivity contribution in [3.8, 4) is 0 Å². The first kappa shape index (κ1) is 18.3. The predicted molar refractivity (Wildman–Crippen MR) is 81.9 cm³/mol. The van der Waals surface area contributed by atoms with Crippen LogP contribution in [0.5, 0.6) is 0 Å². The Morgan fingerprint density at radius 3 is 2.84 bits per heavy atom. The van der Waals surface area contributed by atoms with E-state index >= 15 is 0 Å². The number of amides is 3. The summed E-state index contributed by atoms with van der Waals surface area (Å²) < 4.78 is 34.7. The Kier molecular flexibility index (Phi) is 5.13. The number of nitrogens with one attached hydrogen (secondary N) is 2. The molecule has 13 heteroatoms. The third-order valence-electron chi connectivity index (χ3n) is 4.51. The Bertz CT molecular complexity index is 644. The van der Waals surface area contributed by atoms with Crippen molar-refractivity contribution in [2.24, 2.45) is 5.73 Å². The first-order valence-corrected chi connectivity index (χ1v) is 9.28. The number of piperidine rings is 1. The van der Waals surface area contributed by atoms with E-state index in [-0.39, 0.29) is 25.2 Å². The number of nitrogens with two attached hydrogens (primary N) is 1. The minimum absolute atomic E-state index is 0.0538. The van der Waals surface area contributed by atoms with Crippen LogP contribution in [-0.2, 0) is 24.3 Å². The van der Waals surface area contributed by atoms with Gasteiger partial charge in [-0.1, -0.05) is 0 Å². The number of carbonyl (C=O) groups is 2. The maximum atomic E-state index is 12.3. The normalized spacial score (nSPS) is 32.3. The standard InChI is InChI=1S/C12H21N5O7S/c13-7-3-8(14-4-7)6-23-15-11(18)10-2-1-9-5-16(10)12(19)17(9)24-25(20,21)22/h7-10,14H,1-6,13H2,(H,15,18)(H,20,21,22)/t7-,8+,9?,10?/m1/s1. The molecule has 3 heterocycles. The van der Waals surface area contributed by atoms with Crippen LogP contribution in [0.3, 0.4) is 0 Å². The molecule has 3 saturated heterocycles. The number of nitrogens with zero attached hydrogens (tertiary/aromatic N) is 2. The lowest BCUT2D eigenvalue weighted by Gasteiger charge is -2.29. The number of hydrogen-bond acceptors (Lipinski definition) is 8. The number of hydroxylamine groups is 3. The molecule has 0 radical (unpaired) electrons. The quantitative estimate of drug-likeness (QED) is 0.294. The maximum absolute atomic E-state index is 12.3. The first-order chi connectivity index (χ1) is 11.7. The molecule has 25 heavy (non-hydrogen) atoms. The van der Waals surface area contributed by atoms with E-state index in [1.807, 2.05) is 0 Å². The van der Waals surface area contributed by atoms with Gasteiger partial charge in [0.1, 0.15) is 6.04 Å². The van der Waals surface area contributed by atoms with Crippen molar-refractivity contribution in [2.45, 2.75) is 43.4 Å². The highest BCUT2D eigenvalue weighted by Gasteiger charge is 2.49. The maximum Gasteiger partial charge on any atom is 0.418 e. The molecular weight excluding hydrogens is 358 g/mol. The molecule has 3 fully saturated rings. The molecule has 0 aromatic heterocycles. The van der Waals surface area contributed by atoms with Gasteiger partial charge in [0.05, 0.1) is 12.6 Å². The van der Waals surface area contributed by atoms with Gasteiger partial charge in [-0.2, -0.15) is 13.5 Å². The van der Waals surface area contributed by atoms with Gasteiger partial charge in [0, 0.05) is 25.2 Å². The van der Waals surface area contributed by atoms with Crippen LogP contribution in [0.4, 0.5) is 4.79 Å². The molecule has 142 valence electrons. The fourth-order valence-electron chi connectivity index (χ4n) is 3.36. The summed E-state index contributed by atoms with van der Waals surface area (Å²) in [4.78, 5) is 30.9. The minimum Gasteiger partial charge on any atom is -0.326 e. The molecule has 0 aliphatic carbocycles. The van der Waals surface area contributed by atoms with Crippen LogP contribution < -0.4 is 16.5 Å². The van der Waals surface area contributed by atoms with Crippen LogP contribution in [0.1, 0.15) is 19.3 Å². The Morgan fingerprint density at radius 2 is 2.20 bits per heavy atom. The SMILES string of the molecule is N[C@H]1CN[C@H](CONC(=O)C2CCC3CN2C(=O)N3OS(=O)(=O)O)C1. The molecule has 4 atom stereocenters. The lowest BCUT2D eigenvalue weighted by molar-refractivity contribution is -0.139. The average Bonchev–Trinajstić information content (AvgIpc) is 3.04. The summed E-state index contributed by atoms with van der Waals surface area (Å²) in [5.41, 5.74) is 8.08. The third-order valence-corrected chi connectivity index (χ3v) is 4.86. The second-order valence-corrected chi connectivity index (χ2v) is 7.39. The summed E-state index contributed by atoms with van der Waals surface area (Å²) in [5, 5.41) is 3.74. The van der Waals surface area contributed by atoms with E-state index in [0.29, 0.717) is 24.4 Å². The highest BCUT2D eigenvalue weighted by Crippen LogP contribution is 2.30. The Balaban J connectivity index is 1.52. The number of urea groups is 1. The van der Waals surface area contributed by atoms with Gasteiger partial charge in [-0.3, -0.25) is 14.2 Å². The summed E-state index contributed by atoms with van der Waals surface area (Å²) in [5.74, 6) is -0.497. The van der Waals surface area contributed by atoms with E-state index in [1.165, 1.54) is 4.90 Å². The number of fused-ring (bicyclic) bond motifs is 2. The molecule has 0 saturated carbocycles. The predicted octanol–water partition coefficient (Wildman–Crippen LogP) is -2.27. The van der Waals surface area contributed by atoms with Crippen molar-refractivity contribution >= 4 is 22.3 Å². The van der Waals surface area contributed by atoms with Crippen molar-refractivity contribution < 1.29 is 31.7 Å². The second-order valence-electron chi connectivity index (χ2n) is 6.39. The van der Waals surface area contributed by atoms with E-state index in [0.717, 1.165) is 6.42 Å². The lowest BCUT2D eigenvalue weighted by atomic mass is 10.0. The average molecular weight is 379 g/mol. The summed E-state index contributed by atoms with van der Waals surface area (Å²) in [6, 6.07) is -2.00. The zero-order chi connectivity index (χ0) is 18.2. The minimum atomic E-state index is -4.81. The second kappa shape index (κ2) is 7.01. The van der Waals surface area contributed by atoms with Gasteiger partial charge in [-0.15, -0.1) is 4.28 Å². The summed E-state index contributed by atoms with van der Waals surface area (Å²) in [6.07, 6.45) is 1.42. The Hall–Kier alpha value is -1.51. The van der Waals surface area contributed by atoms with E-state index in [2.05, 4.69) is 15.1 Å². The van der Waals surface area contributed by atoms with E-state index in [4.69, 9.17) is 15.1 Å². The Labute approximate surface area is 144 Å². The first-order valence-electron chi connectivity index (χ1n) is 7.92. The zero-order valence-corrected chi connectivity index (χ0v) is 14.1. The van der Waals surface area contributed by atoms with Crippen LogP contribution >= 0.6 is 0 Å². The third kappa shape index (κ3) is 4.19. The van der Waals surface area contributed by atoms with Gasteiger partial charge in [-0.05, 0) is 19.3 Å². The van der Waals surface area contributed by atoms with Crippen molar-refractivity contribution in [3.63, 3.8) is 0 Å². The van der Waals surface area contributed by atoms with Gasteiger partial charge < -0.3 is 16.0 Å². The molecule has 5 N–H and O–H groups in total. The summed E-state index contributed by atoms with van der Waals surface area (Å²) in [6.45, 7) is 1.07. The zero-order valence-electron chi connectivity index (χ0n) is 13.3. The highest BCUT2D eigenvalue weighted by atomic mass is 32.3. The molecule has 0 aromatic carbocycles. The van der Waals surface area contributed by atoms with Crippen molar-refractivity contribution in [1.82, 2.24) is 20.8 Å². The summed E-state index contributed by atoms with van der Waals surface area (Å²) in [7, 11) is -4.81. The smallest absolute Gasteiger partial charge is 0.326 e. The summed E-state index contributed by atoms with van der Waals surface area (Å²) >= 11 is 0. The Morgan fingerprint density at radius 1 is 1.44 bits per heavy atom. The van der Waals surface area contributed by atoms with Crippen LogP contribution in [0.25, 0.3) is 0 Å². The van der Waals surface area contributed by atoms with E-state index in [9.17, 15) is 18.0 Å². The van der Waals surface area contributed by atoms with Crippen molar-refractivity contribution in [3.05, 3.63) is 0 Å². The van der Waals surface area contributed by atoms with Gasteiger partial charge in [-0.25, -0.2) is 10.3 Å². The molecule has 3 aliphatic heterocycles. The topological polar surface area (TPSA) is 164 Å². The van der Waals surface area contributed by atoms with Gasteiger partial charge in [0.15, 0.2) is 0 Å². The van der Waals surface area contributed by atoms with Gasteiger partial charge in [0.25, 0.3) is 5.91 Å². The van der Waals surface area contributed by atoms with Crippen LogP contribution in [0.2, 0.25) is 0 Å². The van der Waals surface area contributed by atoms with Crippen LogP contribution in [-0.4, -0.2) is 78.7 Å². The molecule has 0 spiro atoms. The fourth-order valence-corrected chi connectivity index (χ4v) is 3.75. The molecule has 2 bridgehead atoms. The van der Waals surface area contributed by atoms with Crippen molar-refractivity contribution in [2.75, 3.05) is 19.7 Å². The van der Waals surface area contributed by atoms with Gasteiger partial charge in [0.2, 0.25) is 0 Å². The molecule has 2 unspecified atom stereocenters. The highest BCUT2D eigenvalue weighted by molar-refractivity contribution is 7.80. The number of carbonyl (C=O) groups excluding carboxylic acids is 2. The molecule has 12 nitrogen and oxygen atoms in total. The molecule has 3 amide bonds. The van der Waals surface area contributed by atoms with Crippen LogP contribution in [0, 0.1) is 0 Å². The van der Waals surface area contributed by atoms with Gasteiger partial charge >= 0.3 is 16.4 Å². The van der Waals surface area contributed by atoms with E-state index < -0.39 is 34.4 Å². The van der Waals surface area contributed by atoms with Crippen molar-refractivity contribution in [1.29, 1.82) is 0 Å². The molecule has 0 aromatic rings. The molecule has 3 aliphatic rings. The van der Waals surface area contributed by atoms with Crippen LogP contribution in [0.15, 0.2) is 0 Å². The number of rotatable bonds is 6. The fraction of sp³-hybridized carbons (Fsp3) is 0.833. The number of hydrogen-bond donors (Lipinski definition) is 4. The monoisotopic (exact) mass is 379 g/mol. The molecule has 3 rings (SSSR count). The lowest BCUT2D eigenvalue weighted by Crippen LogP contribution is -2.50.